The summed E-state index contributed by atoms with van der Waals surface area (Å²) in [7, 11) is -3.49. The van der Waals surface area contributed by atoms with Crippen LogP contribution in [-0.4, -0.2) is 64.3 Å². The third kappa shape index (κ3) is 5.85. The normalized spacial score (nSPS) is 16.4. The van der Waals surface area contributed by atoms with Crippen LogP contribution in [0.4, 0.5) is 5.69 Å². The van der Waals surface area contributed by atoms with Gasteiger partial charge < -0.3 is 15.1 Å². The number of primary sulfonamides is 1. The molecule has 0 atom stereocenters. The Morgan fingerprint density at radius 3 is 2.62 bits per heavy atom. The van der Waals surface area contributed by atoms with Crippen LogP contribution in [-0.2, 0) is 10.0 Å². The van der Waals surface area contributed by atoms with Crippen LogP contribution in [0.3, 0.4) is 0 Å². The lowest BCUT2D eigenvalue weighted by molar-refractivity contribution is 0.373. The van der Waals surface area contributed by atoms with Gasteiger partial charge in [0.25, 0.3) is 0 Å². The summed E-state index contributed by atoms with van der Waals surface area (Å²) in [5, 5.41) is 8.95. The maximum Gasteiger partial charge on any atom is 0.210 e. The summed E-state index contributed by atoms with van der Waals surface area (Å²) in [5.41, 5.74) is 1.11. The lowest BCUT2D eigenvalue weighted by Crippen LogP contribution is -2.52. The molecule has 3 N–H and O–H groups in total. The highest BCUT2D eigenvalue weighted by atomic mass is 35.5. The number of nitrogens with zero attached hydrogens (tertiary/aromatic N) is 3. The smallest absolute Gasteiger partial charge is 0.210 e. The maximum atomic E-state index is 11.0. The predicted molar refractivity (Wildman–Crippen MR) is 99.2 cm³/mol. The second-order valence-electron chi connectivity index (χ2n) is 5.56. The first kappa shape index (κ1) is 18.8. The summed E-state index contributed by atoms with van der Waals surface area (Å²) in [5.74, 6) is 0.580. The minimum absolute atomic E-state index is 0.148. The number of benzene rings is 1. The summed E-state index contributed by atoms with van der Waals surface area (Å²) in [6, 6.07) is 7.82. The molecule has 0 aromatic heterocycles. The Balaban J connectivity index is 1.95. The van der Waals surface area contributed by atoms with E-state index >= 15 is 0 Å². The van der Waals surface area contributed by atoms with Crippen LogP contribution in [0.15, 0.2) is 29.3 Å². The molecule has 0 saturated carbocycles. The van der Waals surface area contributed by atoms with Gasteiger partial charge in [0.05, 0.1) is 12.3 Å². The molecule has 0 radical (unpaired) electrons. The Morgan fingerprint density at radius 2 is 2.04 bits per heavy atom. The van der Waals surface area contributed by atoms with Gasteiger partial charge in [-0.15, -0.1) is 0 Å². The molecule has 134 valence electrons. The number of piperazine rings is 1. The van der Waals surface area contributed by atoms with Gasteiger partial charge in [-0.05, 0) is 25.1 Å². The fraction of sp³-hybridized carbons (Fsp3) is 0.533. The highest BCUT2D eigenvalue weighted by Crippen LogP contribution is 2.20. The van der Waals surface area contributed by atoms with Crippen LogP contribution in [0, 0.1) is 0 Å². The summed E-state index contributed by atoms with van der Waals surface area (Å²) >= 11 is 6.05. The zero-order valence-electron chi connectivity index (χ0n) is 13.8. The van der Waals surface area contributed by atoms with Crippen molar-refractivity contribution in [1.29, 1.82) is 0 Å². The van der Waals surface area contributed by atoms with Crippen molar-refractivity contribution in [2.45, 2.75) is 6.92 Å². The van der Waals surface area contributed by atoms with Gasteiger partial charge in [-0.1, -0.05) is 17.7 Å². The molecule has 1 fully saturated rings. The van der Waals surface area contributed by atoms with Crippen LogP contribution >= 0.6 is 11.6 Å². The van der Waals surface area contributed by atoms with Crippen LogP contribution in [0.5, 0.6) is 0 Å². The first-order valence-electron chi connectivity index (χ1n) is 7.93. The molecule has 1 aliphatic rings. The molecule has 1 aromatic rings. The van der Waals surface area contributed by atoms with Crippen molar-refractivity contribution in [3.05, 3.63) is 29.3 Å². The Bertz CT molecular complexity index is 672. The van der Waals surface area contributed by atoms with Crippen molar-refractivity contribution < 1.29 is 8.42 Å². The highest BCUT2D eigenvalue weighted by molar-refractivity contribution is 7.89. The maximum absolute atomic E-state index is 11.0. The lowest BCUT2D eigenvalue weighted by atomic mass is 10.2. The number of rotatable bonds is 5. The zero-order chi connectivity index (χ0) is 17.6. The number of nitrogens with one attached hydrogen (secondary N) is 1. The van der Waals surface area contributed by atoms with Crippen LogP contribution < -0.4 is 15.4 Å². The van der Waals surface area contributed by atoms with Gasteiger partial charge in [0.1, 0.15) is 0 Å². The lowest BCUT2D eigenvalue weighted by Gasteiger charge is -2.37. The van der Waals surface area contributed by atoms with Gasteiger partial charge in [0, 0.05) is 43.4 Å². The van der Waals surface area contributed by atoms with Crippen molar-refractivity contribution in [3.8, 4) is 0 Å². The molecule has 0 spiro atoms. The molecule has 0 unspecified atom stereocenters. The van der Waals surface area contributed by atoms with E-state index in [0.717, 1.165) is 49.4 Å². The van der Waals surface area contributed by atoms with Gasteiger partial charge in [0.15, 0.2) is 5.96 Å². The molecule has 2 rings (SSSR count). The fourth-order valence-electron chi connectivity index (χ4n) is 2.55. The number of halogens is 1. The molecule has 0 amide bonds. The van der Waals surface area contributed by atoms with E-state index in [4.69, 9.17) is 16.7 Å². The molecule has 0 aliphatic carbocycles. The summed E-state index contributed by atoms with van der Waals surface area (Å²) in [6.45, 7) is 6.16. The fourth-order valence-corrected chi connectivity index (χ4v) is 3.08. The van der Waals surface area contributed by atoms with Crippen molar-refractivity contribution in [1.82, 2.24) is 10.2 Å². The monoisotopic (exact) mass is 373 g/mol. The SMILES string of the molecule is CCNC(=NCCS(N)(=O)=O)N1CCN(c2cccc(Cl)c2)CC1. The Hall–Kier alpha value is -1.51. The number of sulfonamides is 1. The second kappa shape index (κ2) is 8.55. The van der Waals surface area contributed by atoms with Crippen molar-refractivity contribution >= 4 is 33.3 Å². The van der Waals surface area contributed by atoms with Gasteiger partial charge in [0.2, 0.25) is 10.0 Å². The quantitative estimate of drug-likeness (QED) is 0.586. The largest absolute Gasteiger partial charge is 0.368 e. The first-order chi connectivity index (χ1) is 11.4. The molecule has 1 aromatic carbocycles. The number of hydrogen-bond acceptors (Lipinski definition) is 4. The average molecular weight is 374 g/mol. The van der Waals surface area contributed by atoms with E-state index < -0.39 is 10.0 Å². The van der Waals surface area contributed by atoms with E-state index in [9.17, 15) is 8.42 Å². The number of anilines is 1. The van der Waals surface area contributed by atoms with Gasteiger partial charge in [-0.3, -0.25) is 4.99 Å². The van der Waals surface area contributed by atoms with E-state index in [1.165, 1.54) is 0 Å². The minimum atomic E-state index is -3.49. The zero-order valence-corrected chi connectivity index (χ0v) is 15.4. The highest BCUT2D eigenvalue weighted by Gasteiger charge is 2.20. The predicted octanol–water partition coefficient (Wildman–Crippen LogP) is 0.716. The average Bonchev–Trinajstić information content (AvgIpc) is 2.53. The number of nitrogens with two attached hydrogens (primary N) is 1. The molecule has 24 heavy (non-hydrogen) atoms. The van der Waals surface area contributed by atoms with E-state index in [1.807, 2.05) is 31.2 Å². The minimum Gasteiger partial charge on any atom is -0.368 e. The molecule has 1 heterocycles. The van der Waals surface area contributed by atoms with Gasteiger partial charge in [-0.2, -0.15) is 0 Å². The number of hydrogen-bond donors (Lipinski definition) is 2. The van der Waals surface area contributed by atoms with Crippen molar-refractivity contribution in [2.75, 3.05) is 49.9 Å². The Morgan fingerprint density at radius 1 is 1.33 bits per heavy atom. The van der Waals surface area contributed by atoms with Gasteiger partial charge in [-0.25, -0.2) is 13.6 Å². The second-order valence-corrected chi connectivity index (χ2v) is 7.73. The Labute approximate surface area is 148 Å². The van der Waals surface area contributed by atoms with Crippen molar-refractivity contribution in [2.24, 2.45) is 10.1 Å². The third-order valence-corrected chi connectivity index (χ3v) is 4.71. The van der Waals surface area contributed by atoms with Crippen molar-refractivity contribution in [3.63, 3.8) is 0 Å². The Kier molecular flexibility index (Phi) is 6.70. The third-order valence-electron chi connectivity index (χ3n) is 3.72. The molecule has 1 aliphatic heterocycles. The summed E-state index contributed by atoms with van der Waals surface area (Å²) in [6.07, 6.45) is 0. The van der Waals surface area contributed by atoms with Crippen LogP contribution in [0.2, 0.25) is 5.02 Å². The molecule has 1 saturated heterocycles. The van der Waals surface area contributed by atoms with E-state index in [0.29, 0.717) is 0 Å². The van der Waals surface area contributed by atoms with Gasteiger partial charge >= 0.3 is 0 Å². The molecule has 0 bridgehead atoms. The molecular weight excluding hydrogens is 350 g/mol. The standard InChI is InChI=1S/C15H24ClN5O2S/c1-2-18-15(19-6-11-24(17,22)23)21-9-7-20(8-10-21)14-5-3-4-13(16)12-14/h3-5,12H,2,6-11H2,1H3,(H,18,19)(H2,17,22,23). The number of aliphatic imine (C=N–C) groups is 1. The van der Waals surface area contributed by atoms with Crippen LogP contribution in [0.1, 0.15) is 6.92 Å². The van der Waals surface area contributed by atoms with E-state index in [-0.39, 0.29) is 12.3 Å². The van der Waals surface area contributed by atoms with E-state index in [1.54, 1.807) is 0 Å². The number of guanidine groups is 1. The van der Waals surface area contributed by atoms with Crippen LogP contribution in [0.25, 0.3) is 0 Å². The molecular formula is C15H24ClN5O2S. The summed E-state index contributed by atoms with van der Waals surface area (Å²) < 4.78 is 22.1. The summed E-state index contributed by atoms with van der Waals surface area (Å²) in [4.78, 5) is 8.77. The first-order valence-corrected chi connectivity index (χ1v) is 10.0. The molecule has 7 nitrogen and oxygen atoms in total. The molecule has 9 heteroatoms. The van der Waals surface area contributed by atoms with E-state index in [2.05, 4.69) is 20.1 Å². The topological polar surface area (TPSA) is 91.0 Å².